The second-order valence-corrected chi connectivity index (χ2v) is 9.75. The van der Waals surface area contributed by atoms with E-state index in [0.29, 0.717) is 25.1 Å². The molecule has 2 atom stereocenters. The van der Waals surface area contributed by atoms with Crippen LogP contribution >= 0.6 is 0 Å². The van der Waals surface area contributed by atoms with E-state index in [2.05, 4.69) is 22.2 Å². The van der Waals surface area contributed by atoms with Gasteiger partial charge in [0, 0.05) is 44.7 Å². The van der Waals surface area contributed by atoms with Crippen LogP contribution in [0.2, 0.25) is 0 Å². The van der Waals surface area contributed by atoms with Crippen molar-refractivity contribution in [1.82, 2.24) is 20.0 Å². The van der Waals surface area contributed by atoms with E-state index in [4.69, 9.17) is 4.74 Å². The molecular weight excluding hydrogens is 408 g/mol. The molecule has 8 nitrogen and oxygen atoms in total. The molecule has 8 heteroatoms. The fraction of sp³-hybridized carbons (Fsp3) is 0.625. The molecule has 3 fully saturated rings. The summed E-state index contributed by atoms with van der Waals surface area (Å²) in [6.45, 7) is 6.72. The third-order valence-corrected chi connectivity index (χ3v) is 7.48. The second kappa shape index (κ2) is 8.83. The van der Waals surface area contributed by atoms with Gasteiger partial charge in [0.25, 0.3) is 5.91 Å². The number of benzene rings is 1. The number of hydrogen-bond donors (Lipinski definition) is 1. The highest BCUT2D eigenvalue weighted by atomic mass is 16.5. The van der Waals surface area contributed by atoms with Gasteiger partial charge in [-0.25, -0.2) is 0 Å². The number of rotatable bonds is 6. The minimum Gasteiger partial charge on any atom is -0.492 e. The Kier molecular flexibility index (Phi) is 5.90. The highest BCUT2D eigenvalue weighted by Crippen LogP contribution is 2.31. The summed E-state index contributed by atoms with van der Waals surface area (Å²) in [5.74, 6) is 1.61. The minimum absolute atomic E-state index is 0.152. The fourth-order valence-electron chi connectivity index (χ4n) is 5.61. The van der Waals surface area contributed by atoms with Crippen LogP contribution in [0.5, 0.6) is 5.75 Å². The van der Waals surface area contributed by atoms with Gasteiger partial charge in [-0.1, -0.05) is 0 Å². The van der Waals surface area contributed by atoms with Crippen LogP contribution in [0, 0.1) is 11.8 Å². The number of carbonyl (C=O) groups is 3. The molecule has 1 N–H and O–H groups in total. The fourth-order valence-corrected chi connectivity index (χ4v) is 5.61. The molecule has 0 bridgehead atoms. The van der Waals surface area contributed by atoms with Crippen molar-refractivity contribution in [2.75, 3.05) is 46.4 Å². The van der Waals surface area contributed by atoms with Gasteiger partial charge >= 0.3 is 0 Å². The SMILES string of the molecule is CN1CCCC(C2CN(CCOc3ccc4c(c3)CN(C3CCC(=O)NC3=O)C4=O)C2)C1. The van der Waals surface area contributed by atoms with E-state index in [0.717, 1.165) is 29.7 Å². The van der Waals surface area contributed by atoms with Gasteiger partial charge in [-0.05, 0) is 68.5 Å². The van der Waals surface area contributed by atoms with Crippen molar-refractivity contribution in [3.05, 3.63) is 29.3 Å². The van der Waals surface area contributed by atoms with Crippen molar-refractivity contribution in [3.63, 3.8) is 0 Å². The number of piperidine rings is 2. The average molecular weight is 441 g/mol. The van der Waals surface area contributed by atoms with Crippen molar-refractivity contribution in [1.29, 1.82) is 0 Å². The molecule has 1 aromatic carbocycles. The molecule has 0 radical (unpaired) electrons. The van der Waals surface area contributed by atoms with Crippen LogP contribution in [0.1, 0.15) is 41.6 Å². The first-order valence-electron chi connectivity index (χ1n) is 11.8. The number of likely N-dealkylation sites (tertiary alicyclic amines) is 2. The van der Waals surface area contributed by atoms with Gasteiger partial charge in [-0.15, -0.1) is 0 Å². The van der Waals surface area contributed by atoms with Crippen LogP contribution in [0.3, 0.4) is 0 Å². The zero-order valence-electron chi connectivity index (χ0n) is 18.7. The molecule has 172 valence electrons. The summed E-state index contributed by atoms with van der Waals surface area (Å²) < 4.78 is 5.98. The molecule has 0 aromatic heterocycles. The van der Waals surface area contributed by atoms with Gasteiger partial charge in [-0.3, -0.25) is 24.6 Å². The Hall–Kier alpha value is -2.45. The van der Waals surface area contributed by atoms with E-state index in [1.807, 2.05) is 12.1 Å². The molecule has 0 saturated carbocycles. The Morgan fingerprint density at radius 3 is 2.72 bits per heavy atom. The lowest BCUT2D eigenvalue weighted by Crippen LogP contribution is -2.53. The first kappa shape index (κ1) is 21.4. The monoisotopic (exact) mass is 440 g/mol. The lowest BCUT2D eigenvalue weighted by Gasteiger charge is -2.46. The van der Waals surface area contributed by atoms with Crippen LogP contribution < -0.4 is 10.1 Å². The number of nitrogens with zero attached hydrogens (tertiary/aromatic N) is 3. The molecule has 0 spiro atoms. The molecule has 0 aliphatic carbocycles. The maximum atomic E-state index is 12.8. The zero-order chi connectivity index (χ0) is 22.2. The molecule has 32 heavy (non-hydrogen) atoms. The first-order valence-corrected chi connectivity index (χ1v) is 11.8. The van der Waals surface area contributed by atoms with E-state index in [-0.39, 0.29) is 24.1 Å². The van der Waals surface area contributed by atoms with E-state index >= 15 is 0 Å². The number of amides is 3. The molecule has 1 aromatic rings. The largest absolute Gasteiger partial charge is 0.492 e. The van der Waals surface area contributed by atoms with Crippen LogP contribution in [0.25, 0.3) is 0 Å². The topological polar surface area (TPSA) is 82.2 Å². The predicted octanol–water partition coefficient (Wildman–Crippen LogP) is 1.10. The van der Waals surface area contributed by atoms with Gasteiger partial charge < -0.3 is 14.5 Å². The smallest absolute Gasteiger partial charge is 0.255 e. The van der Waals surface area contributed by atoms with Crippen molar-refractivity contribution in [3.8, 4) is 5.75 Å². The van der Waals surface area contributed by atoms with E-state index in [1.54, 1.807) is 11.0 Å². The summed E-state index contributed by atoms with van der Waals surface area (Å²) in [4.78, 5) is 42.8. The van der Waals surface area contributed by atoms with Crippen molar-refractivity contribution in [2.45, 2.75) is 38.3 Å². The third kappa shape index (κ3) is 4.26. The summed E-state index contributed by atoms with van der Waals surface area (Å²) in [7, 11) is 2.23. The van der Waals surface area contributed by atoms with Gasteiger partial charge in [0.15, 0.2) is 0 Å². The highest BCUT2D eigenvalue weighted by Gasteiger charge is 2.39. The molecule has 4 aliphatic heterocycles. The molecule has 3 amide bonds. The minimum atomic E-state index is -0.583. The summed E-state index contributed by atoms with van der Waals surface area (Å²) >= 11 is 0. The maximum Gasteiger partial charge on any atom is 0.255 e. The van der Waals surface area contributed by atoms with Crippen LogP contribution in [-0.4, -0.2) is 84.8 Å². The van der Waals surface area contributed by atoms with Crippen molar-refractivity contribution in [2.24, 2.45) is 11.8 Å². The number of hydrogen-bond acceptors (Lipinski definition) is 6. The number of ether oxygens (including phenoxy) is 1. The van der Waals surface area contributed by atoms with Gasteiger partial charge in [0.05, 0.1) is 0 Å². The Morgan fingerprint density at radius 1 is 1.09 bits per heavy atom. The normalized spacial score (nSPS) is 27.3. The van der Waals surface area contributed by atoms with Gasteiger partial charge in [0.2, 0.25) is 11.8 Å². The average Bonchev–Trinajstić information content (AvgIpc) is 3.05. The standard InChI is InChI=1S/C24H32N4O4/c1-26-8-2-3-16(12-26)18-13-27(14-18)9-10-32-19-4-5-20-17(11-19)15-28(24(20)31)21-6-7-22(29)25-23(21)30/h4-5,11,16,18,21H,2-3,6-10,12-15H2,1H3,(H,25,29,30). The number of imide groups is 1. The molecular formula is C24H32N4O4. The van der Waals surface area contributed by atoms with Crippen LogP contribution in [0.4, 0.5) is 0 Å². The number of nitrogens with one attached hydrogen (secondary N) is 1. The molecule has 4 heterocycles. The lowest BCUT2D eigenvalue weighted by molar-refractivity contribution is -0.136. The van der Waals surface area contributed by atoms with Crippen molar-refractivity contribution >= 4 is 17.7 Å². The summed E-state index contributed by atoms with van der Waals surface area (Å²) in [5, 5.41) is 2.34. The number of fused-ring (bicyclic) bond motifs is 1. The Bertz CT molecular complexity index is 913. The summed E-state index contributed by atoms with van der Waals surface area (Å²) in [5.41, 5.74) is 1.49. The quantitative estimate of drug-likeness (QED) is 0.668. The Balaban J connectivity index is 1.10. The van der Waals surface area contributed by atoms with Gasteiger partial charge in [0.1, 0.15) is 18.4 Å². The maximum absolute atomic E-state index is 12.8. The molecule has 3 saturated heterocycles. The third-order valence-electron chi connectivity index (χ3n) is 7.48. The van der Waals surface area contributed by atoms with Crippen LogP contribution in [-0.2, 0) is 16.1 Å². The first-order chi connectivity index (χ1) is 15.5. The highest BCUT2D eigenvalue weighted by molar-refractivity contribution is 6.05. The molecule has 4 aliphatic rings. The lowest BCUT2D eigenvalue weighted by atomic mass is 9.81. The zero-order valence-corrected chi connectivity index (χ0v) is 18.7. The number of carbonyl (C=O) groups excluding carboxylic acids is 3. The molecule has 5 rings (SSSR count). The van der Waals surface area contributed by atoms with Crippen molar-refractivity contribution < 1.29 is 19.1 Å². The van der Waals surface area contributed by atoms with E-state index in [9.17, 15) is 14.4 Å². The Morgan fingerprint density at radius 2 is 1.94 bits per heavy atom. The molecule has 2 unspecified atom stereocenters. The van der Waals surface area contributed by atoms with E-state index in [1.165, 1.54) is 39.0 Å². The Labute approximate surface area is 188 Å². The summed E-state index contributed by atoms with van der Waals surface area (Å²) in [6, 6.07) is 4.95. The van der Waals surface area contributed by atoms with E-state index < -0.39 is 6.04 Å². The predicted molar refractivity (Wildman–Crippen MR) is 118 cm³/mol. The van der Waals surface area contributed by atoms with Crippen LogP contribution in [0.15, 0.2) is 18.2 Å². The summed E-state index contributed by atoms with van der Waals surface area (Å²) in [6.07, 6.45) is 3.33. The van der Waals surface area contributed by atoms with Gasteiger partial charge in [-0.2, -0.15) is 0 Å². The second-order valence-electron chi connectivity index (χ2n) is 9.75.